The van der Waals surface area contributed by atoms with Crippen molar-refractivity contribution in [2.45, 2.75) is 46.2 Å². The van der Waals surface area contributed by atoms with Gasteiger partial charge in [-0.25, -0.2) is 0 Å². The standard InChI is InChI=1S/C9H19NO2/c1-7(2)10-8(3)5-6-12-9(4)11/h7-8,10H,5-6H2,1-4H3. The van der Waals surface area contributed by atoms with Crippen LogP contribution in [-0.2, 0) is 9.53 Å². The molecule has 3 heteroatoms. The Hall–Kier alpha value is -0.570. The first kappa shape index (κ1) is 11.4. The molecule has 0 bridgehead atoms. The fourth-order valence-corrected chi connectivity index (χ4v) is 1.03. The summed E-state index contributed by atoms with van der Waals surface area (Å²) in [6.45, 7) is 8.23. The maximum atomic E-state index is 10.4. The first-order chi connectivity index (χ1) is 5.52. The molecule has 0 heterocycles. The number of carbonyl (C=O) groups excluding carboxylic acids is 1. The number of carbonyl (C=O) groups is 1. The van der Waals surface area contributed by atoms with Gasteiger partial charge in [0.1, 0.15) is 0 Å². The van der Waals surface area contributed by atoms with E-state index in [1.807, 2.05) is 0 Å². The Bertz CT molecular complexity index is 134. The van der Waals surface area contributed by atoms with Crippen LogP contribution < -0.4 is 5.32 Å². The maximum Gasteiger partial charge on any atom is 0.302 e. The molecule has 0 aromatic rings. The lowest BCUT2D eigenvalue weighted by Gasteiger charge is -2.16. The molecule has 0 radical (unpaired) electrons. The van der Waals surface area contributed by atoms with Crippen LogP contribution in [0.2, 0.25) is 0 Å². The first-order valence-corrected chi connectivity index (χ1v) is 4.41. The van der Waals surface area contributed by atoms with Crippen LogP contribution in [0.5, 0.6) is 0 Å². The minimum absolute atomic E-state index is 0.202. The van der Waals surface area contributed by atoms with Gasteiger partial charge in [0.15, 0.2) is 0 Å². The fourth-order valence-electron chi connectivity index (χ4n) is 1.03. The van der Waals surface area contributed by atoms with Gasteiger partial charge in [-0.15, -0.1) is 0 Å². The molecule has 0 fully saturated rings. The number of nitrogens with one attached hydrogen (secondary N) is 1. The van der Waals surface area contributed by atoms with Crippen molar-refractivity contribution in [2.75, 3.05) is 6.61 Å². The molecule has 0 aliphatic rings. The van der Waals surface area contributed by atoms with E-state index in [1.165, 1.54) is 6.92 Å². The van der Waals surface area contributed by atoms with Crippen LogP contribution in [0.15, 0.2) is 0 Å². The smallest absolute Gasteiger partial charge is 0.302 e. The van der Waals surface area contributed by atoms with Crippen molar-refractivity contribution in [3.05, 3.63) is 0 Å². The van der Waals surface area contributed by atoms with Gasteiger partial charge in [0, 0.05) is 19.0 Å². The third-order valence-corrected chi connectivity index (χ3v) is 1.47. The van der Waals surface area contributed by atoms with Gasteiger partial charge in [-0.1, -0.05) is 13.8 Å². The van der Waals surface area contributed by atoms with Crippen LogP contribution in [-0.4, -0.2) is 24.7 Å². The molecule has 0 rings (SSSR count). The number of hydrogen-bond acceptors (Lipinski definition) is 3. The zero-order chi connectivity index (χ0) is 9.56. The molecule has 72 valence electrons. The second-order valence-corrected chi connectivity index (χ2v) is 3.35. The Morgan fingerprint density at radius 3 is 2.42 bits per heavy atom. The molecule has 1 unspecified atom stereocenters. The maximum absolute atomic E-state index is 10.4. The Balaban J connectivity index is 3.31. The highest BCUT2D eigenvalue weighted by Gasteiger charge is 2.03. The molecule has 0 amide bonds. The molecule has 1 atom stereocenters. The average molecular weight is 173 g/mol. The summed E-state index contributed by atoms with van der Waals surface area (Å²) < 4.78 is 4.82. The number of esters is 1. The summed E-state index contributed by atoms with van der Waals surface area (Å²) in [6.07, 6.45) is 0.873. The average Bonchev–Trinajstić information content (AvgIpc) is 1.84. The van der Waals surface area contributed by atoms with Crippen LogP contribution in [0.25, 0.3) is 0 Å². The Morgan fingerprint density at radius 2 is 2.00 bits per heavy atom. The minimum atomic E-state index is -0.202. The van der Waals surface area contributed by atoms with Crippen molar-refractivity contribution in [2.24, 2.45) is 0 Å². The fraction of sp³-hybridized carbons (Fsp3) is 0.889. The SMILES string of the molecule is CC(=O)OCCC(C)NC(C)C. The minimum Gasteiger partial charge on any atom is -0.466 e. The van der Waals surface area contributed by atoms with E-state index < -0.39 is 0 Å². The molecular weight excluding hydrogens is 154 g/mol. The predicted molar refractivity (Wildman–Crippen MR) is 49.0 cm³/mol. The predicted octanol–water partition coefficient (Wildman–Crippen LogP) is 1.33. The Labute approximate surface area is 74.5 Å². The lowest BCUT2D eigenvalue weighted by atomic mass is 10.2. The first-order valence-electron chi connectivity index (χ1n) is 4.41. The van der Waals surface area contributed by atoms with E-state index in [1.54, 1.807) is 0 Å². The molecule has 1 N–H and O–H groups in total. The third-order valence-electron chi connectivity index (χ3n) is 1.47. The molecule has 0 aromatic carbocycles. The van der Waals surface area contributed by atoms with Gasteiger partial charge in [-0.3, -0.25) is 4.79 Å². The molecule has 0 saturated carbocycles. The molecule has 12 heavy (non-hydrogen) atoms. The summed E-state index contributed by atoms with van der Waals surface area (Å²) in [5, 5.41) is 3.33. The zero-order valence-corrected chi connectivity index (χ0v) is 8.39. The highest BCUT2D eigenvalue weighted by Crippen LogP contribution is 1.93. The summed E-state index contributed by atoms with van der Waals surface area (Å²) in [6, 6.07) is 0.890. The van der Waals surface area contributed by atoms with Crippen LogP contribution in [0, 0.1) is 0 Å². The van der Waals surface area contributed by atoms with Crippen LogP contribution >= 0.6 is 0 Å². The molecule has 0 saturated heterocycles. The topological polar surface area (TPSA) is 38.3 Å². The van der Waals surface area contributed by atoms with Crippen LogP contribution in [0.1, 0.15) is 34.1 Å². The van der Waals surface area contributed by atoms with Crippen molar-refractivity contribution in [1.82, 2.24) is 5.32 Å². The van der Waals surface area contributed by atoms with E-state index in [4.69, 9.17) is 4.74 Å². The van der Waals surface area contributed by atoms with Crippen LogP contribution in [0.4, 0.5) is 0 Å². The van der Waals surface area contributed by atoms with Crippen molar-refractivity contribution >= 4 is 5.97 Å². The molecule has 0 aliphatic carbocycles. The van der Waals surface area contributed by atoms with E-state index in [-0.39, 0.29) is 5.97 Å². The van der Waals surface area contributed by atoms with Crippen molar-refractivity contribution in [1.29, 1.82) is 0 Å². The quantitative estimate of drug-likeness (QED) is 0.637. The number of rotatable bonds is 5. The summed E-state index contributed by atoms with van der Waals surface area (Å²) in [5.74, 6) is -0.202. The van der Waals surface area contributed by atoms with Gasteiger partial charge in [0.25, 0.3) is 0 Å². The van der Waals surface area contributed by atoms with Gasteiger partial charge >= 0.3 is 5.97 Å². The summed E-state index contributed by atoms with van der Waals surface area (Å²) >= 11 is 0. The Morgan fingerprint density at radius 1 is 1.42 bits per heavy atom. The third kappa shape index (κ3) is 7.54. The summed E-state index contributed by atoms with van der Waals surface area (Å²) in [7, 11) is 0. The monoisotopic (exact) mass is 173 g/mol. The number of hydrogen-bond donors (Lipinski definition) is 1. The van der Waals surface area contributed by atoms with E-state index in [0.29, 0.717) is 18.7 Å². The van der Waals surface area contributed by atoms with E-state index >= 15 is 0 Å². The molecule has 0 aliphatic heterocycles. The highest BCUT2D eigenvalue weighted by atomic mass is 16.5. The van der Waals surface area contributed by atoms with Crippen molar-refractivity contribution in [3.63, 3.8) is 0 Å². The van der Waals surface area contributed by atoms with E-state index in [0.717, 1.165) is 6.42 Å². The van der Waals surface area contributed by atoms with Crippen molar-refractivity contribution < 1.29 is 9.53 Å². The summed E-state index contributed by atoms with van der Waals surface area (Å²) in [5.41, 5.74) is 0. The summed E-state index contributed by atoms with van der Waals surface area (Å²) in [4.78, 5) is 10.4. The normalized spacial score (nSPS) is 13.1. The van der Waals surface area contributed by atoms with E-state index in [9.17, 15) is 4.79 Å². The largest absolute Gasteiger partial charge is 0.466 e. The highest BCUT2D eigenvalue weighted by molar-refractivity contribution is 5.65. The van der Waals surface area contributed by atoms with Crippen LogP contribution in [0.3, 0.4) is 0 Å². The second-order valence-electron chi connectivity index (χ2n) is 3.35. The van der Waals surface area contributed by atoms with Gasteiger partial charge in [0.2, 0.25) is 0 Å². The molecular formula is C9H19NO2. The lowest BCUT2D eigenvalue weighted by molar-refractivity contribution is -0.141. The van der Waals surface area contributed by atoms with Crippen molar-refractivity contribution in [3.8, 4) is 0 Å². The second kappa shape index (κ2) is 6.00. The zero-order valence-electron chi connectivity index (χ0n) is 8.39. The number of ether oxygens (including phenoxy) is 1. The molecule has 3 nitrogen and oxygen atoms in total. The molecule has 0 spiro atoms. The van der Waals surface area contributed by atoms with Gasteiger partial charge < -0.3 is 10.1 Å². The lowest BCUT2D eigenvalue weighted by Crippen LogP contribution is -2.33. The van der Waals surface area contributed by atoms with Gasteiger partial charge in [-0.2, -0.15) is 0 Å². The van der Waals surface area contributed by atoms with Gasteiger partial charge in [0.05, 0.1) is 6.61 Å². The van der Waals surface area contributed by atoms with E-state index in [2.05, 4.69) is 26.1 Å². The van der Waals surface area contributed by atoms with Gasteiger partial charge in [-0.05, 0) is 13.3 Å². The Kier molecular flexibility index (Phi) is 5.72. The molecule has 0 aromatic heterocycles.